The van der Waals surface area contributed by atoms with Gasteiger partial charge in [-0.05, 0) is 47.0 Å². The summed E-state index contributed by atoms with van der Waals surface area (Å²) in [5.74, 6) is 1.37. The van der Waals surface area contributed by atoms with Crippen LogP contribution in [0.2, 0.25) is 0 Å². The fourth-order valence-corrected chi connectivity index (χ4v) is 5.84. The van der Waals surface area contributed by atoms with Crippen LogP contribution in [-0.4, -0.2) is 28.3 Å². The Morgan fingerprint density at radius 3 is 2.65 bits per heavy atom. The lowest BCUT2D eigenvalue weighted by molar-refractivity contribution is -0.763. The van der Waals surface area contributed by atoms with Crippen molar-refractivity contribution in [3.8, 4) is 17.0 Å². The van der Waals surface area contributed by atoms with E-state index in [9.17, 15) is 9.59 Å². The molecule has 8 heteroatoms. The van der Waals surface area contributed by atoms with Gasteiger partial charge in [-0.1, -0.05) is 74.0 Å². The minimum atomic E-state index is -0.702. The number of aromatic nitrogens is 3. The van der Waals surface area contributed by atoms with E-state index in [-0.39, 0.29) is 11.5 Å². The van der Waals surface area contributed by atoms with Crippen LogP contribution in [0.4, 0.5) is 5.69 Å². The summed E-state index contributed by atoms with van der Waals surface area (Å²) in [4.78, 5) is 31.6. The number of aromatic amines is 1. The second kappa shape index (κ2) is 10.8. The van der Waals surface area contributed by atoms with Crippen LogP contribution in [0.1, 0.15) is 51.8 Å². The van der Waals surface area contributed by atoms with Gasteiger partial charge in [-0.3, -0.25) is 14.6 Å². The number of anilines is 1. The second-order valence-corrected chi connectivity index (χ2v) is 10.1. The summed E-state index contributed by atoms with van der Waals surface area (Å²) < 4.78 is 7.83. The van der Waals surface area contributed by atoms with E-state index in [1.54, 1.807) is 16.5 Å². The number of fused-ring (bicyclic) bond motifs is 4. The topological polar surface area (TPSA) is 79.2 Å². The molecule has 1 aliphatic rings. The molecule has 1 N–H and O–H groups in total. The number of hydrogen-bond acceptors (Lipinski definition) is 5. The van der Waals surface area contributed by atoms with Crippen LogP contribution < -0.4 is 19.9 Å². The van der Waals surface area contributed by atoms with E-state index in [0.29, 0.717) is 34.5 Å². The molecular formula is C29H31N4O3S+. The van der Waals surface area contributed by atoms with Gasteiger partial charge in [0.15, 0.2) is 0 Å². The van der Waals surface area contributed by atoms with Gasteiger partial charge in [0.25, 0.3) is 6.17 Å². The van der Waals surface area contributed by atoms with Crippen LogP contribution in [0.15, 0.2) is 70.6 Å². The number of H-pyrrole nitrogens is 1. The Bertz CT molecular complexity index is 1520. The fourth-order valence-electron chi connectivity index (χ4n) is 4.98. The molecule has 1 aromatic heterocycles. The Labute approximate surface area is 220 Å². The third kappa shape index (κ3) is 4.62. The first-order valence-electron chi connectivity index (χ1n) is 12.8. The van der Waals surface area contributed by atoms with Crippen molar-refractivity contribution >= 4 is 34.1 Å². The smallest absolute Gasteiger partial charge is 0.325 e. The first-order chi connectivity index (χ1) is 18.0. The van der Waals surface area contributed by atoms with Crippen molar-refractivity contribution in [2.45, 2.75) is 51.4 Å². The highest BCUT2D eigenvalue weighted by Crippen LogP contribution is 2.42. The molecule has 4 aromatic rings. The van der Waals surface area contributed by atoms with Crippen LogP contribution in [0.5, 0.6) is 5.75 Å². The molecule has 2 heterocycles. The molecule has 0 radical (unpaired) electrons. The number of unbranched alkanes of at least 4 members (excludes halogenated alkanes) is 2. The lowest BCUT2D eigenvalue weighted by Gasteiger charge is -2.32. The number of rotatable bonds is 8. The number of carbonyl (C=O) groups excluding carboxylic acids is 1. The summed E-state index contributed by atoms with van der Waals surface area (Å²) >= 11 is 1.53. The molecule has 0 fully saturated rings. The molecular weight excluding hydrogens is 484 g/mol. The summed E-state index contributed by atoms with van der Waals surface area (Å²) in [5, 5.41) is 7.45. The Morgan fingerprint density at radius 2 is 1.86 bits per heavy atom. The largest absolute Gasteiger partial charge is 0.493 e. The maximum atomic E-state index is 13.6. The summed E-state index contributed by atoms with van der Waals surface area (Å²) in [6.07, 6.45) is 2.58. The lowest BCUT2D eigenvalue weighted by atomic mass is 9.96. The highest BCUT2D eigenvalue weighted by molar-refractivity contribution is 7.99. The monoisotopic (exact) mass is 515 g/mol. The van der Waals surface area contributed by atoms with Crippen molar-refractivity contribution in [3.05, 3.63) is 76.6 Å². The predicted octanol–water partition coefficient (Wildman–Crippen LogP) is 5.47. The third-order valence-corrected chi connectivity index (χ3v) is 7.52. The molecule has 190 valence electrons. The van der Waals surface area contributed by atoms with Gasteiger partial charge < -0.3 is 4.74 Å². The minimum Gasteiger partial charge on any atom is -0.493 e. The Hall–Kier alpha value is -3.65. The van der Waals surface area contributed by atoms with Gasteiger partial charge in [0.2, 0.25) is 11.1 Å². The van der Waals surface area contributed by atoms with Crippen molar-refractivity contribution in [1.29, 1.82) is 0 Å². The van der Waals surface area contributed by atoms with Crippen molar-refractivity contribution < 1.29 is 14.2 Å². The molecule has 1 atom stereocenters. The summed E-state index contributed by atoms with van der Waals surface area (Å²) in [7, 11) is 0. The maximum absolute atomic E-state index is 13.6. The van der Waals surface area contributed by atoms with E-state index in [2.05, 4.69) is 11.9 Å². The Kier molecular flexibility index (Phi) is 7.28. The number of carbonyl (C=O) groups is 1. The Morgan fingerprint density at radius 1 is 1.08 bits per heavy atom. The maximum Gasteiger partial charge on any atom is 0.325 e. The first kappa shape index (κ1) is 25.0. The predicted molar refractivity (Wildman–Crippen MR) is 147 cm³/mol. The number of para-hydroxylation sites is 1. The van der Waals surface area contributed by atoms with Gasteiger partial charge in [0.05, 0.1) is 23.4 Å². The highest BCUT2D eigenvalue weighted by atomic mass is 32.2. The number of hydrogen-bond donors (Lipinski definition) is 1. The fraction of sp³-hybridized carbons (Fsp3) is 0.310. The highest BCUT2D eigenvalue weighted by Gasteiger charge is 2.46. The number of thioether (sulfide) groups is 1. The molecule has 1 aliphatic heterocycles. The zero-order chi connectivity index (χ0) is 25.9. The SMILES string of the molecule is CCCCCSc1n[n+]2c(c(=O)[nH]1)-c1ccccc1N(C(C)=O)[C@H]2c1c(OCC)ccc2ccccc12. The zero-order valence-electron chi connectivity index (χ0n) is 21.4. The minimum absolute atomic E-state index is 0.148. The number of ether oxygens (including phenoxy) is 1. The normalized spacial score (nSPS) is 14.4. The summed E-state index contributed by atoms with van der Waals surface area (Å²) in [6, 6.07) is 19.5. The molecule has 0 saturated heterocycles. The summed E-state index contributed by atoms with van der Waals surface area (Å²) in [5.41, 5.74) is 2.34. The zero-order valence-corrected chi connectivity index (χ0v) is 22.2. The molecule has 0 bridgehead atoms. The van der Waals surface area contributed by atoms with E-state index in [0.717, 1.165) is 41.4 Å². The van der Waals surface area contributed by atoms with Crippen LogP contribution in [-0.2, 0) is 4.79 Å². The number of nitrogens with zero attached hydrogens (tertiary/aromatic N) is 3. The Balaban J connectivity index is 1.81. The van der Waals surface area contributed by atoms with E-state index < -0.39 is 6.17 Å². The van der Waals surface area contributed by atoms with E-state index >= 15 is 0 Å². The number of nitrogens with one attached hydrogen (secondary N) is 1. The second-order valence-electron chi connectivity index (χ2n) is 9.02. The van der Waals surface area contributed by atoms with Crippen LogP contribution in [0.3, 0.4) is 0 Å². The van der Waals surface area contributed by atoms with Gasteiger partial charge in [-0.2, -0.15) is 0 Å². The van der Waals surface area contributed by atoms with Gasteiger partial charge in [-0.25, -0.2) is 4.90 Å². The van der Waals surface area contributed by atoms with E-state index in [4.69, 9.17) is 9.84 Å². The summed E-state index contributed by atoms with van der Waals surface area (Å²) in [6.45, 7) is 6.12. The molecule has 37 heavy (non-hydrogen) atoms. The molecule has 1 amide bonds. The van der Waals surface area contributed by atoms with Gasteiger partial charge in [0.1, 0.15) is 5.75 Å². The number of benzene rings is 3. The number of amides is 1. The molecule has 0 aliphatic carbocycles. The van der Waals surface area contributed by atoms with Crippen molar-refractivity contribution in [3.63, 3.8) is 0 Å². The molecule has 0 saturated carbocycles. The lowest BCUT2D eigenvalue weighted by Crippen LogP contribution is -2.60. The van der Waals surface area contributed by atoms with Gasteiger partial charge in [-0.15, -0.1) is 0 Å². The van der Waals surface area contributed by atoms with Crippen LogP contribution in [0, 0.1) is 0 Å². The molecule has 3 aromatic carbocycles. The molecule has 0 spiro atoms. The quantitative estimate of drug-likeness (QED) is 0.191. The first-order valence-corrected chi connectivity index (χ1v) is 13.8. The molecule has 5 rings (SSSR count). The average molecular weight is 516 g/mol. The van der Waals surface area contributed by atoms with Crippen molar-refractivity contribution in [2.24, 2.45) is 0 Å². The standard InChI is InChI=1S/C29H30N4O3S/c1-4-6-11-18-37-29-30-27(35)26-22-14-9-10-15-23(22)32(19(3)34)28(33(26)31-29)25-21-13-8-7-12-20(21)16-17-24(25)36-5-2/h7-10,12-17,28H,4-6,11,18H2,1-3H3/p+1/t28-/m1/s1. The third-order valence-electron chi connectivity index (χ3n) is 6.57. The van der Waals surface area contributed by atoms with Crippen molar-refractivity contribution in [2.75, 3.05) is 17.3 Å². The molecule has 7 nitrogen and oxygen atoms in total. The average Bonchev–Trinajstić information content (AvgIpc) is 2.90. The van der Waals surface area contributed by atoms with E-state index in [1.165, 1.54) is 11.8 Å². The van der Waals surface area contributed by atoms with Gasteiger partial charge in [0, 0.05) is 17.8 Å². The molecule has 0 unspecified atom stereocenters. The van der Waals surface area contributed by atoms with Crippen LogP contribution in [0.25, 0.3) is 22.0 Å². The van der Waals surface area contributed by atoms with E-state index in [1.807, 2.05) is 67.6 Å². The van der Waals surface area contributed by atoms with Gasteiger partial charge >= 0.3 is 11.3 Å². The van der Waals surface area contributed by atoms with Crippen molar-refractivity contribution in [1.82, 2.24) is 10.1 Å². The van der Waals surface area contributed by atoms with Crippen LogP contribution >= 0.6 is 11.8 Å².